The molecule has 2 rings (SSSR count). The van der Waals surface area contributed by atoms with Gasteiger partial charge >= 0.3 is 0 Å². The number of hydrogen-bond donors (Lipinski definition) is 1. The molecule has 6 heteroatoms. The molecule has 0 aliphatic carbocycles. The van der Waals surface area contributed by atoms with Crippen LogP contribution in [0.3, 0.4) is 0 Å². The Morgan fingerprint density at radius 2 is 2.00 bits per heavy atom. The average Bonchev–Trinajstić information content (AvgIpc) is 2.42. The molecule has 104 valence electrons. The lowest BCUT2D eigenvalue weighted by atomic mass is 10.0. The van der Waals surface area contributed by atoms with Crippen LogP contribution in [0.4, 0.5) is 10.1 Å². The Balaban J connectivity index is 2.25. The molecule has 0 saturated carbocycles. The van der Waals surface area contributed by atoms with Gasteiger partial charge in [0.1, 0.15) is 5.82 Å². The normalized spacial score (nSPS) is 12.2. The van der Waals surface area contributed by atoms with Crippen molar-refractivity contribution in [1.82, 2.24) is 0 Å². The molecule has 1 unspecified atom stereocenters. The molecular formula is C14H11ClFNO3. The minimum Gasteiger partial charge on any atom is -0.388 e. The number of hydrogen-bond acceptors (Lipinski definition) is 3. The van der Waals surface area contributed by atoms with Gasteiger partial charge in [0.05, 0.1) is 16.0 Å². The van der Waals surface area contributed by atoms with Crippen molar-refractivity contribution in [3.05, 3.63) is 74.5 Å². The molecule has 0 spiro atoms. The van der Waals surface area contributed by atoms with Crippen molar-refractivity contribution in [2.45, 2.75) is 12.5 Å². The minimum atomic E-state index is -0.991. The molecule has 0 heterocycles. The Morgan fingerprint density at radius 3 is 2.65 bits per heavy atom. The van der Waals surface area contributed by atoms with Crippen LogP contribution < -0.4 is 0 Å². The van der Waals surface area contributed by atoms with E-state index in [1.54, 1.807) is 18.2 Å². The summed E-state index contributed by atoms with van der Waals surface area (Å²) in [7, 11) is 0. The quantitative estimate of drug-likeness (QED) is 0.691. The van der Waals surface area contributed by atoms with Crippen LogP contribution in [0.1, 0.15) is 17.2 Å². The Bertz CT molecular complexity index is 648. The number of benzene rings is 2. The van der Waals surface area contributed by atoms with Crippen molar-refractivity contribution >= 4 is 17.3 Å². The van der Waals surface area contributed by atoms with Gasteiger partial charge in [0.15, 0.2) is 0 Å². The number of aliphatic hydroxyl groups excluding tert-OH is 1. The minimum absolute atomic E-state index is 0.0547. The number of aliphatic hydroxyl groups is 1. The fourth-order valence-electron chi connectivity index (χ4n) is 1.91. The lowest BCUT2D eigenvalue weighted by Gasteiger charge is -2.12. The third kappa shape index (κ3) is 3.12. The average molecular weight is 296 g/mol. The first-order chi connectivity index (χ1) is 9.49. The summed E-state index contributed by atoms with van der Waals surface area (Å²) < 4.78 is 13.1. The smallest absolute Gasteiger partial charge is 0.272 e. The van der Waals surface area contributed by atoms with E-state index in [1.807, 2.05) is 0 Å². The zero-order valence-corrected chi connectivity index (χ0v) is 11.0. The lowest BCUT2D eigenvalue weighted by molar-refractivity contribution is -0.385. The van der Waals surface area contributed by atoms with Crippen molar-refractivity contribution in [3.63, 3.8) is 0 Å². The summed E-state index contributed by atoms with van der Waals surface area (Å²) in [4.78, 5) is 10.4. The number of nitrogens with zero attached hydrogens (tertiary/aromatic N) is 1. The van der Waals surface area contributed by atoms with Crippen molar-refractivity contribution in [2.24, 2.45) is 0 Å². The van der Waals surface area contributed by atoms with Crippen molar-refractivity contribution in [3.8, 4) is 0 Å². The molecule has 20 heavy (non-hydrogen) atoms. The maximum atomic E-state index is 13.1. The van der Waals surface area contributed by atoms with Crippen LogP contribution >= 0.6 is 11.6 Å². The molecule has 4 nitrogen and oxygen atoms in total. The van der Waals surface area contributed by atoms with Gasteiger partial charge in [-0.05, 0) is 17.7 Å². The van der Waals surface area contributed by atoms with E-state index >= 15 is 0 Å². The van der Waals surface area contributed by atoms with Gasteiger partial charge in [-0.2, -0.15) is 0 Å². The molecular weight excluding hydrogens is 285 g/mol. The standard InChI is InChI=1S/C14H11ClFNO3/c15-11-7-10(5-6-12(11)16)14(18)8-9-3-1-2-4-13(9)17(19)20/h1-7,14,18H,8H2. The summed E-state index contributed by atoms with van der Waals surface area (Å²) in [5, 5.41) is 20.9. The number of rotatable bonds is 4. The molecule has 0 radical (unpaired) electrons. The van der Waals surface area contributed by atoms with E-state index in [-0.39, 0.29) is 17.1 Å². The summed E-state index contributed by atoms with van der Waals surface area (Å²) in [6.07, 6.45) is -0.937. The summed E-state index contributed by atoms with van der Waals surface area (Å²) in [5.74, 6) is -0.576. The second kappa shape index (κ2) is 5.98. The first-order valence-electron chi connectivity index (χ1n) is 5.84. The van der Waals surface area contributed by atoms with Gasteiger partial charge in [-0.3, -0.25) is 10.1 Å². The highest BCUT2D eigenvalue weighted by Gasteiger charge is 2.17. The van der Waals surface area contributed by atoms with Gasteiger partial charge in [0, 0.05) is 18.1 Å². The molecule has 0 amide bonds. The van der Waals surface area contributed by atoms with Gasteiger partial charge in [-0.1, -0.05) is 35.9 Å². The third-order valence-electron chi connectivity index (χ3n) is 2.93. The van der Waals surface area contributed by atoms with E-state index in [2.05, 4.69) is 0 Å². The van der Waals surface area contributed by atoms with Crippen molar-refractivity contribution in [2.75, 3.05) is 0 Å². The number of halogens is 2. The van der Waals surface area contributed by atoms with Gasteiger partial charge in [-0.25, -0.2) is 4.39 Å². The van der Waals surface area contributed by atoms with Crippen LogP contribution in [0.2, 0.25) is 5.02 Å². The molecule has 1 atom stereocenters. The van der Waals surface area contributed by atoms with E-state index in [0.29, 0.717) is 11.1 Å². The SMILES string of the molecule is O=[N+]([O-])c1ccccc1CC(O)c1ccc(F)c(Cl)c1. The van der Waals surface area contributed by atoms with Crippen molar-refractivity contribution in [1.29, 1.82) is 0 Å². The molecule has 0 aliphatic rings. The number of nitro benzene ring substituents is 1. The van der Waals surface area contributed by atoms with Crippen LogP contribution in [0.15, 0.2) is 42.5 Å². The summed E-state index contributed by atoms with van der Waals surface area (Å²) in [5.41, 5.74) is 0.764. The van der Waals surface area contributed by atoms with E-state index in [4.69, 9.17) is 11.6 Å². The van der Waals surface area contributed by atoms with Crippen LogP contribution in [0.5, 0.6) is 0 Å². The number of para-hydroxylation sites is 1. The van der Waals surface area contributed by atoms with Crippen LogP contribution in [-0.4, -0.2) is 10.0 Å². The number of nitro groups is 1. The third-order valence-corrected chi connectivity index (χ3v) is 3.22. The molecule has 0 aromatic heterocycles. The molecule has 0 fully saturated rings. The maximum Gasteiger partial charge on any atom is 0.272 e. The summed E-state index contributed by atoms with van der Waals surface area (Å²) >= 11 is 5.65. The Labute approximate surface area is 119 Å². The van der Waals surface area contributed by atoms with Crippen LogP contribution in [0.25, 0.3) is 0 Å². The predicted molar refractivity (Wildman–Crippen MR) is 73.2 cm³/mol. The van der Waals surface area contributed by atoms with E-state index in [1.165, 1.54) is 18.2 Å². The molecule has 2 aromatic carbocycles. The molecule has 1 N–H and O–H groups in total. The topological polar surface area (TPSA) is 63.4 Å². The summed E-state index contributed by atoms with van der Waals surface area (Å²) in [6.45, 7) is 0. The Hall–Kier alpha value is -1.98. The Morgan fingerprint density at radius 1 is 1.30 bits per heavy atom. The zero-order chi connectivity index (χ0) is 14.7. The maximum absolute atomic E-state index is 13.1. The highest BCUT2D eigenvalue weighted by atomic mass is 35.5. The van der Waals surface area contributed by atoms with Gasteiger partial charge in [0.25, 0.3) is 5.69 Å². The fraction of sp³-hybridized carbons (Fsp3) is 0.143. The predicted octanol–water partition coefficient (Wildman–Crippen LogP) is 3.66. The fourth-order valence-corrected chi connectivity index (χ4v) is 2.10. The van der Waals surface area contributed by atoms with Gasteiger partial charge < -0.3 is 5.11 Å². The second-order valence-electron chi connectivity index (χ2n) is 4.28. The van der Waals surface area contributed by atoms with Crippen LogP contribution in [-0.2, 0) is 6.42 Å². The molecule has 0 bridgehead atoms. The van der Waals surface area contributed by atoms with E-state index in [9.17, 15) is 19.6 Å². The van der Waals surface area contributed by atoms with Gasteiger partial charge in [-0.15, -0.1) is 0 Å². The zero-order valence-electron chi connectivity index (χ0n) is 10.3. The van der Waals surface area contributed by atoms with E-state index in [0.717, 1.165) is 6.07 Å². The Kier molecular flexibility index (Phi) is 4.32. The molecule has 2 aromatic rings. The molecule has 0 aliphatic heterocycles. The molecule has 0 saturated heterocycles. The second-order valence-corrected chi connectivity index (χ2v) is 4.69. The van der Waals surface area contributed by atoms with Gasteiger partial charge in [0.2, 0.25) is 0 Å². The van der Waals surface area contributed by atoms with Crippen LogP contribution in [0, 0.1) is 15.9 Å². The first kappa shape index (κ1) is 14.4. The summed E-state index contributed by atoms with van der Waals surface area (Å²) in [6, 6.07) is 10.0. The highest BCUT2D eigenvalue weighted by Crippen LogP contribution is 2.27. The van der Waals surface area contributed by atoms with E-state index < -0.39 is 16.8 Å². The van der Waals surface area contributed by atoms with Crippen molar-refractivity contribution < 1.29 is 14.4 Å². The largest absolute Gasteiger partial charge is 0.388 e. The first-order valence-corrected chi connectivity index (χ1v) is 6.22. The highest BCUT2D eigenvalue weighted by molar-refractivity contribution is 6.30. The lowest BCUT2D eigenvalue weighted by Crippen LogP contribution is -2.04. The monoisotopic (exact) mass is 295 g/mol.